The lowest BCUT2D eigenvalue weighted by atomic mass is 9.96. The number of rotatable bonds is 3. The summed E-state index contributed by atoms with van der Waals surface area (Å²) in [6, 6.07) is 10.4. The number of halogens is 1. The van der Waals surface area contributed by atoms with E-state index in [0.29, 0.717) is 5.56 Å². The molecule has 0 aliphatic heterocycles. The monoisotopic (exact) mass is 293 g/mol. The van der Waals surface area contributed by atoms with E-state index in [2.05, 4.69) is 0 Å². The van der Waals surface area contributed by atoms with Crippen LogP contribution in [0.2, 0.25) is 0 Å². The van der Waals surface area contributed by atoms with Crippen molar-refractivity contribution in [3.8, 4) is 0 Å². The van der Waals surface area contributed by atoms with Crippen molar-refractivity contribution < 1.29 is 12.8 Å². The van der Waals surface area contributed by atoms with Crippen molar-refractivity contribution in [2.45, 2.75) is 17.9 Å². The molecule has 0 aromatic heterocycles. The lowest BCUT2D eigenvalue weighted by Gasteiger charge is -2.16. The Hall–Kier alpha value is -1.72. The molecule has 0 radical (unpaired) electrons. The zero-order valence-corrected chi connectivity index (χ0v) is 12.1. The van der Waals surface area contributed by atoms with Gasteiger partial charge >= 0.3 is 0 Å². The van der Waals surface area contributed by atoms with E-state index in [1.807, 2.05) is 0 Å². The van der Waals surface area contributed by atoms with Crippen LogP contribution < -0.4 is 5.73 Å². The number of benzene rings is 2. The fourth-order valence-electron chi connectivity index (χ4n) is 2.11. The Balaban J connectivity index is 2.46. The van der Waals surface area contributed by atoms with E-state index >= 15 is 0 Å². The molecule has 2 N–H and O–H groups in total. The van der Waals surface area contributed by atoms with E-state index in [4.69, 9.17) is 5.73 Å². The fraction of sp³-hybridized carbons (Fsp3) is 0.200. The average molecular weight is 293 g/mol. The van der Waals surface area contributed by atoms with Gasteiger partial charge in [0.1, 0.15) is 5.82 Å². The minimum absolute atomic E-state index is 0.227. The molecule has 0 bridgehead atoms. The summed E-state index contributed by atoms with van der Waals surface area (Å²) in [7, 11) is -3.27. The van der Waals surface area contributed by atoms with Crippen LogP contribution in [0.4, 0.5) is 4.39 Å². The first-order chi connectivity index (χ1) is 9.29. The summed E-state index contributed by atoms with van der Waals surface area (Å²) in [4.78, 5) is 0.227. The number of sulfone groups is 1. The van der Waals surface area contributed by atoms with Crippen LogP contribution in [0.3, 0.4) is 0 Å². The molecule has 1 unspecified atom stereocenters. The van der Waals surface area contributed by atoms with Crippen LogP contribution in [0, 0.1) is 12.7 Å². The predicted molar refractivity (Wildman–Crippen MR) is 76.7 cm³/mol. The van der Waals surface area contributed by atoms with Crippen molar-refractivity contribution >= 4 is 9.84 Å². The van der Waals surface area contributed by atoms with Gasteiger partial charge in [0.2, 0.25) is 0 Å². The van der Waals surface area contributed by atoms with Gasteiger partial charge in [-0.25, -0.2) is 12.8 Å². The molecule has 0 saturated heterocycles. The summed E-state index contributed by atoms with van der Waals surface area (Å²) < 4.78 is 36.2. The van der Waals surface area contributed by atoms with Gasteiger partial charge in [-0.05, 0) is 47.9 Å². The normalized spacial score (nSPS) is 13.2. The smallest absolute Gasteiger partial charge is 0.175 e. The number of hydrogen-bond acceptors (Lipinski definition) is 3. The van der Waals surface area contributed by atoms with Gasteiger partial charge in [0.15, 0.2) is 9.84 Å². The highest BCUT2D eigenvalue weighted by Crippen LogP contribution is 2.25. The molecular weight excluding hydrogens is 277 g/mol. The first-order valence-corrected chi connectivity index (χ1v) is 8.00. The molecule has 2 rings (SSSR count). The Bertz CT molecular complexity index is 741. The van der Waals surface area contributed by atoms with Crippen LogP contribution in [-0.4, -0.2) is 14.7 Å². The van der Waals surface area contributed by atoms with E-state index in [9.17, 15) is 12.8 Å². The van der Waals surface area contributed by atoms with Gasteiger partial charge < -0.3 is 5.73 Å². The third kappa shape index (κ3) is 3.05. The van der Waals surface area contributed by atoms with E-state index in [1.165, 1.54) is 18.2 Å². The summed E-state index contributed by atoms with van der Waals surface area (Å²) in [5.74, 6) is -0.316. The van der Waals surface area contributed by atoms with E-state index in [-0.39, 0.29) is 10.7 Å². The molecule has 2 aromatic carbocycles. The highest BCUT2D eigenvalue weighted by molar-refractivity contribution is 7.90. The fourth-order valence-corrected chi connectivity index (χ4v) is 2.78. The van der Waals surface area contributed by atoms with Crippen LogP contribution in [0.5, 0.6) is 0 Å². The molecule has 0 aliphatic carbocycles. The van der Waals surface area contributed by atoms with Crippen LogP contribution >= 0.6 is 0 Å². The Labute approximate surface area is 118 Å². The van der Waals surface area contributed by atoms with E-state index < -0.39 is 15.9 Å². The summed E-state index contributed by atoms with van der Waals surface area (Å²) in [5, 5.41) is 0. The first kappa shape index (κ1) is 14.7. The second kappa shape index (κ2) is 5.34. The Kier molecular flexibility index (Phi) is 3.92. The van der Waals surface area contributed by atoms with Gasteiger partial charge in [-0.3, -0.25) is 0 Å². The third-order valence-electron chi connectivity index (χ3n) is 3.21. The van der Waals surface area contributed by atoms with Gasteiger partial charge in [-0.15, -0.1) is 0 Å². The number of aryl methyl sites for hydroxylation is 1. The molecule has 0 saturated carbocycles. The predicted octanol–water partition coefficient (Wildman–Crippen LogP) is 2.59. The molecule has 5 heteroatoms. The molecule has 20 heavy (non-hydrogen) atoms. The van der Waals surface area contributed by atoms with Crippen molar-refractivity contribution in [3.63, 3.8) is 0 Å². The lowest BCUT2D eigenvalue weighted by molar-refractivity contribution is 0.601. The van der Waals surface area contributed by atoms with Crippen LogP contribution in [0.1, 0.15) is 22.7 Å². The van der Waals surface area contributed by atoms with Crippen LogP contribution in [0.25, 0.3) is 0 Å². The maximum atomic E-state index is 13.1. The summed E-state index contributed by atoms with van der Waals surface area (Å²) in [6.45, 7) is 1.78. The molecular formula is C15H16FNO2S. The Morgan fingerprint density at radius 1 is 1.15 bits per heavy atom. The van der Waals surface area contributed by atoms with Crippen LogP contribution in [-0.2, 0) is 9.84 Å². The minimum atomic E-state index is -3.27. The topological polar surface area (TPSA) is 60.2 Å². The van der Waals surface area contributed by atoms with Crippen molar-refractivity contribution in [2.75, 3.05) is 6.26 Å². The van der Waals surface area contributed by atoms with Crippen molar-refractivity contribution in [3.05, 3.63) is 65.0 Å². The standard InChI is InChI=1S/C15H16FNO2S/c1-10-8-12(16)6-7-14(10)15(17)11-4-3-5-13(9-11)20(2,18)19/h3-9,15H,17H2,1-2H3. The molecule has 0 heterocycles. The second-order valence-corrected chi connectivity index (χ2v) is 6.84. The Morgan fingerprint density at radius 2 is 1.85 bits per heavy atom. The third-order valence-corrected chi connectivity index (χ3v) is 4.32. The zero-order valence-electron chi connectivity index (χ0n) is 11.3. The highest BCUT2D eigenvalue weighted by atomic mass is 32.2. The van der Waals surface area contributed by atoms with Gasteiger partial charge in [0.25, 0.3) is 0 Å². The van der Waals surface area contributed by atoms with Crippen LogP contribution in [0.15, 0.2) is 47.4 Å². The lowest BCUT2D eigenvalue weighted by Crippen LogP contribution is -2.14. The van der Waals surface area contributed by atoms with E-state index in [0.717, 1.165) is 17.4 Å². The summed E-state index contributed by atoms with van der Waals surface area (Å²) >= 11 is 0. The maximum absolute atomic E-state index is 13.1. The number of hydrogen-bond donors (Lipinski definition) is 1. The molecule has 0 aliphatic rings. The largest absolute Gasteiger partial charge is 0.320 e. The number of nitrogens with two attached hydrogens (primary N) is 1. The van der Waals surface area contributed by atoms with Crippen molar-refractivity contribution in [2.24, 2.45) is 5.73 Å². The highest BCUT2D eigenvalue weighted by Gasteiger charge is 2.14. The van der Waals surface area contributed by atoms with Gasteiger partial charge in [0, 0.05) is 6.26 Å². The molecule has 1 atom stereocenters. The minimum Gasteiger partial charge on any atom is -0.320 e. The van der Waals surface area contributed by atoms with Gasteiger partial charge in [-0.2, -0.15) is 0 Å². The van der Waals surface area contributed by atoms with Gasteiger partial charge in [0.05, 0.1) is 10.9 Å². The molecule has 3 nitrogen and oxygen atoms in total. The average Bonchev–Trinajstić information content (AvgIpc) is 2.37. The molecule has 0 fully saturated rings. The molecule has 0 spiro atoms. The zero-order chi connectivity index (χ0) is 14.9. The second-order valence-electron chi connectivity index (χ2n) is 4.82. The Morgan fingerprint density at radius 3 is 2.45 bits per heavy atom. The molecule has 2 aromatic rings. The van der Waals surface area contributed by atoms with Crippen molar-refractivity contribution in [1.29, 1.82) is 0 Å². The molecule has 106 valence electrons. The molecule has 0 amide bonds. The first-order valence-electron chi connectivity index (χ1n) is 6.10. The summed E-state index contributed by atoms with van der Waals surface area (Å²) in [5.41, 5.74) is 8.36. The van der Waals surface area contributed by atoms with Gasteiger partial charge in [-0.1, -0.05) is 18.2 Å². The van der Waals surface area contributed by atoms with Crippen molar-refractivity contribution in [1.82, 2.24) is 0 Å². The SMILES string of the molecule is Cc1cc(F)ccc1C(N)c1cccc(S(C)(=O)=O)c1. The van der Waals surface area contributed by atoms with E-state index in [1.54, 1.807) is 31.2 Å². The maximum Gasteiger partial charge on any atom is 0.175 e. The quantitative estimate of drug-likeness (QED) is 0.946. The summed E-state index contributed by atoms with van der Waals surface area (Å²) in [6.07, 6.45) is 1.15.